The van der Waals surface area contributed by atoms with Gasteiger partial charge >= 0.3 is 13.8 Å². The molecular weight excluding hydrogens is 625 g/mol. The Morgan fingerprint density at radius 1 is 0.625 bits per heavy atom. The molecule has 0 saturated heterocycles. The van der Waals surface area contributed by atoms with Crippen molar-refractivity contribution in [1.29, 1.82) is 0 Å². The molecule has 0 aliphatic carbocycles. The second kappa shape index (κ2) is 35.7. The number of aliphatic hydroxyl groups excluding tert-OH is 1. The van der Waals surface area contributed by atoms with Gasteiger partial charge in [-0.2, -0.15) is 0 Å². The molecule has 0 aliphatic heterocycles. The summed E-state index contributed by atoms with van der Waals surface area (Å²) in [5.41, 5.74) is 5.19. The zero-order chi connectivity index (χ0) is 35.2. The van der Waals surface area contributed by atoms with Crippen LogP contribution in [0, 0.1) is 0 Å². The quantitative estimate of drug-likeness (QED) is 0.0276. The third-order valence-electron chi connectivity index (χ3n) is 6.71. The lowest BCUT2D eigenvalue weighted by molar-refractivity contribution is -0.147. The van der Waals surface area contributed by atoms with Crippen molar-refractivity contribution >= 4 is 13.8 Å². The van der Waals surface area contributed by atoms with E-state index in [1.165, 1.54) is 12.8 Å². The van der Waals surface area contributed by atoms with E-state index in [1.807, 2.05) is 0 Å². The largest absolute Gasteiger partial charge is 0.472 e. The van der Waals surface area contributed by atoms with Crippen molar-refractivity contribution in [2.24, 2.45) is 5.73 Å². The van der Waals surface area contributed by atoms with E-state index in [1.54, 1.807) is 0 Å². The van der Waals surface area contributed by atoms with Crippen molar-refractivity contribution < 1.29 is 33.1 Å². The number of unbranched alkanes of at least 4 members (excludes halogenated alkanes) is 6. The fourth-order valence-electron chi connectivity index (χ4n) is 4.12. The fourth-order valence-corrected chi connectivity index (χ4v) is 4.89. The van der Waals surface area contributed by atoms with Gasteiger partial charge in [0.2, 0.25) is 0 Å². The van der Waals surface area contributed by atoms with Crippen molar-refractivity contribution in [2.75, 3.05) is 26.4 Å². The van der Waals surface area contributed by atoms with Crippen LogP contribution in [0.15, 0.2) is 97.2 Å². The number of carbonyl (C=O) groups is 1. The second-order valence-electron chi connectivity index (χ2n) is 11.2. The highest BCUT2D eigenvalue weighted by Crippen LogP contribution is 2.42. The van der Waals surface area contributed by atoms with Crippen molar-refractivity contribution in [2.45, 2.75) is 116 Å². The standard InChI is InChI=1S/C39H64NO7P/c1-2-3-4-5-6-7-8-9-10-11-12-13-14-15-16-17-18-19-20-21-22-23-24-25-26-27-28-29-30-31-32-33-39(42)45-36-38(41)37-47-48(43,44)46-35-34-40/h3-4,6-7,9-10,12-13,15-16,18-19,21-22,24-25,38,41H,2,5,8,11,14,17,20,23,26-37,40H2,1H3,(H,43,44)/b4-3-,7-6-,10-9-,13-12-,16-15-,19-18-,22-21-,25-24-. The number of aliphatic hydroxyl groups is 1. The number of allylic oxidation sites excluding steroid dienone is 16. The summed E-state index contributed by atoms with van der Waals surface area (Å²) in [6.07, 6.45) is 49.9. The molecule has 4 N–H and O–H groups in total. The van der Waals surface area contributed by atoms with Gasteiger partial charge in [-0.3, -0.25) is 13.8 Å². The van der Waals surface area contributed by atoms with Gasteiger partial charge < -0.3 is 20.5 Å². The van der Waals surface area contributed by atoms with Crippen LogP contribution in [-0.2, 0) is 23.1 Å². The van der Waals surface area contributed by atoms with E-state index in [2.05, 4.69) is 113 Å². The fraction of sp³-hybridized carbons (Fsp3) is 0.564. The number of hydrogen-bond donors (Lipinski definition) is 3. The Labute approximate surface area is 291 Å². The Morgan fingerprint density at radius 2 is 1.04 bits per heavy atom. The molecule has 8 nitrogen and oxygen atoms in total. The van der Waals surface area contributed by atoms with Crippen LogP contribution in [0.3, 0.4) is 0 Å². The lowest BCUT2D eigenvalue weighted by atomic mass is 10.1. The number of nitrogens with two attached hydrogens (primary N) is 1. The molecule has 272 valence electrons. The Balaban J connectivity index is 3.58. The lowest BCUT2D eigenvalue weighted by Crippen LogP contribution is -2.23. The van der Waals surface area contributed by atoms with Gasteiger partial charge in [0.15, 0.2) is 0 Å². The smallest absolute Gasteiger partial charge is 0.463 e. The highest BCUT2D eigenvalue weighted by Gasteiger charge is 2.22. The minimum Gasteiger partial charge on any atom is -0.463 e. The highest BCUT2D eigenvalue weighted by atomic mass is 31.2. The topological polar surface area (TPSA) is 128 Å². The summed E-state index contributed by atoms with van der Waals surface area (Å²) >= 11 is 0. The molecular formula is C39H64NO7P. The maximum atomic E-state index is 11.8. The predicted molar refractivity (Wildman–Crippen MR) is 200 cm³/mol. The zero-order valence-corrected chi connectivity index (χ0v) is 30.3. The average Bonchev–Trinajstić information content (AvgIpc) is 3.08. The third-order valence-corrected chi connectivity index (χ3v) is 7.70. The first-order chi connectivity index (χ1) is 23.4. The Hall–Kier alpha value is -2.58. The van der Waals surface area contributed by atoms with E-state index in [0.717, 1.165) is 83.5 Å². The highest BCUT2D eigenvalue weighted by molar-refractivity contribution is 7.47. The Morgan fingerprint density at radius 3 is 1.50 bits per heavy atom. The van der Waals surface area contributed by atoms with Gasteiger partial charge in [-0.15, -0.1) is 0 Å². The van der Waals surface area contributed by atoms with Gasteiger partial charge in [-0.05, 0) is 70.6 Å². The number of esters is 1. The average molecular weight is 690 g/mol. The summed E-state index contributed by atoms with van der Waals surface area (Å²) in [4.78, 5) is 21.2. The maximum absolute atomic E-state index is 11.8. The maximum Gasteiger partial charge on any atom is 0.472 e. The number of phosphoric acid groups is 1. The number of carbonyl (C=O) groups excluding carboxylic acids is 1. The van der Waals surface area contributed by atoms with Gasteiger partial charge in [-0.25, -0.2) is 4.57 Å². The third kappa shape index (κ3) is 36.3. The molecule has 0 heterocycles. The van der Waals surface area contributed by atoms with Crippen molar-refractivity contribution in [3.63, 3.8) is 0 Å². The molecule has 0 saturated carbocycles. The van der Waals surface area contributed by atoms with Crippen LogP contribution in [0.25, 0.3) is 0 Å². The van der Waals surface area contributed by atoms with Crippen LogP contribution in [0.1, 0.15) is 110 Å². The van der Waals surface area contributed by atoms with Gasteiger partial charge in [0.1, 0.15) is 12.7 Å². The van der Waals surface area contributed by atoms with E-state index in [9.17, 15) is 19.4 Å². The van der Waals surface area contributed by atoms with Crippen molar-refractivity contribution in [1.82, 2.24) is 0 Å². The summed E-state index contributed by atoms with van der Waals surface area (Å²) in [5, 5.41) is 9.74. The van der Waals surface area contributed by atoms with Gasteiger partial charge in [0.25, 0.3) is 0 Å². The zero-order valence-electron chi connectivity index (χ0n) is 29.4. The van der Waals surface area contributed by atoms with Crippen LogP contribution in [0.5, 0.6) is 0 Å². The minimum absolute atomic E-state index is 0.0666. The molecule has 9 heteroatoms. The molecule has 0 bridgehead atoms. The molecule has 0 rings (SSSR count). The molecule has 0 spiro atoms. The minimum atomic E-state index is -4.26. The molecule has 0 amide bonds. The molecule has 0 radical (unpaired) electrons. The number of phosphoric ester groups is 1. The Bertz CT molecular complexity index is 1040. The summed E-state index contributed by atoms with van der Waals surface area (Å²) < 4.78 is 25.7. The lowest BCUT2D eigenvalue weighted by Gasteiger charge is -2.15. The number of rotatable bonds is 32. The van der Waals surface area contributed by atoms with E-state index >= 15 is 0 Å². The molecule has 0 fully saturated rings. The van der Waals surface area contributed by atoms with E-state index in [-0.39, 0.29) is 26.2 Å². The van der Waals surface area contributed by atoms with Crippen LogP contribution >= 0.6 is 7.82 Å². The first kappa shape index (κ1) is 45.4. The van der Waals surface area contributed by atoms with Crippen LogP contribution in [0.2, 0.25) is 0 Å². The van der Waals surface area contributed by atoms with Gasteiger partial charge in [0.05, 0.1) is 13.2 Å². The molecule has 0 aromatic heterocycles. The van der Waals surface area contributed by atoms with E-state index in [0.29, 0.717) is 0 Å². The van der Waals surface area contributed by atoms with E-state index in [4.69, 9.17) is 10.5 Å². The second-order valence-corrected chi connectivity index (χ2v) is 12.7. The number of ether oxygens (including phenoxy) is 1. The summed E-state index contributed by atoms with van der Waals surface area (Å²) in [6.45, 7) is 1.30. The summed E-state index contributed by atoms with van der Waals surface area (Å²) in [6, 6.07) is 0. The van der Waals surface area contributed by atoms with Crippen molar-refractivity contribution in [3.05, 3.63) is 97.2 Å². The molecule has 0 aromatic carbocycles. The van der Waals surface area contributed by atoms with Crippen LogP contribution in [-0.4, -0.2) is 48.4 Å². The van der Waals surface area contributed by atoms with E-state index < -0.39 is 26.5 Å². The first-order valence-electron chi connectivity index (χ1n) is 17.8. The van der Waals surface area contributed by atoms with Crippen molar-refractivity contribution in [3.8, 4) is 0 Å². The summed E-state index contributed by atoms with van der Waals surface area (Å²) in [5.74, 6) is -0.405. The van der Waals surface area contributed by atoms with Crippen LogP contribution in [0.4, 0.5) is 0 Å². The predicted octanol–water partition coefficient (Wildman–Crippen LogP) is 9.69. The molecule has 48 heavy (non-hydrogen) atoms. The van der Waals surface area contributed by atoms with Gasteiger partial charge in [-0.1, -0.05) is 130 Å². The van der Waals surface area contributed by atoms with Gasteiger partial charge in [0, 0.05) is 13.0 Å². The molecule has 0 aliphatic rings. The first-order valence-corrected chi connectivity index (χ1v) is 19.3. The SMILES string of the molecule is CC/C=C\C/C=C\C/C=C\C/C=C\C/C=C\C/C=C\C/C=C\C/C=C\CCCCCCCCC(=O)OCC(O)COP(=O)(O)OCCN. The summed E-state index contributed by atoms with van der Waals surface area (Å²) in [7, 11) is -4.26. The molecule has 2 atom stereocenters. The monoisotopic (exact) mass is 689 g/mol. The molecule has 0 aromatic rings. The Kier molecular flexibility index (Phi) is 33.8. The molecule has 2 unspecified atom stereocenters. The normalized spacial score (nSPS) is 14.8. The number of hydrogen-bond acceptors (Lipinski definition) is 7. The van der Waals surface area contributed by atoms with Crippen LogP contribution < -0.4 is 5.73 Å².